The van der Waals surface area contributed by atoms with E-state index in [0.29, 0.717) is 4.88 Å². The first-order valence-electron chi connectivity index (χ1n) is 10.6. The van der Waals surface area contributed by atoms with E-state index in [1.165, 1.54) is 40.5 Å². The summed E-state index contributed by atoms with van der Waals surface area (Å²) in [5, 5.41) is 18.7. The lowest BCUT2D eigenvalue weighted by Crippen LogP contribution is -2.20. The lowest BCUT2D eigenvalue weighted by atomic mass is 10.3. The number of ether oxygens (including phenoxy) is 1. The number of thiophene rings is 1. The van der Waals surface area contributed by atoms with E-state index < -0.39 is 23.4 Å². The van der Waals surface area contributed by atoms with Crippen LogP contribution >= 0.6 is 11.3 Å². The molecule has 2 aromatic carbocycles. The van der Waals surface area contributed by atoms with Crippen molar-refractivity contribution in [2.24, 2.45) is 0 Å². The average Bonchev–Trinajstić information content (AvgIpc) is 3.44. The zero-order valence-corrected chi connectivity index (χ0v) is 20.5. The number of hydrogen-bond donors (Lipinski definition) is 1. The fraction of sp³-hybridized carbons (Fsp3) is 0.167. The molecule has 11 nitrogen and oxygen atoms in total. The number of hydrogen-bond acceptors (Lipinski definition) is 8. The van der Waals surface area contributed by atoms with E-state index in [1.807, 2.05) is 37.3 Å². The Morgan fingerprint density at radius 1 is 1.17 bits per heavy atom. The Kier molecular flexibility index (Phi) is 8.47. The summed E-state index contributed by atoms with van der Waals surface area (Å²) in [4.78, 5) is 46.8. The van der Waals surface area contributed by atoms with Gasteiger partial charge in [-0.1, -0.05) is 24.3 Å². The standard InChI is InChI=1S/C21H16N4O5S.C3H7NO/c1-13-17-11-18(31-20(17)24(23-13)15-7-3-2-4-8-15)21(27)30-12-19(26)22-14-6-5-9-16(10-14)25(28)29;1-4(2)3-5/h2-11H,12H2,1H3,(H,22,26);3H,1-2H3. The lowest BCUT2D eigenvalue weighted by Gasteiger charge is -2.06. The number of benzene rings is 2. The van der Waals surface area contributed by atoms with E-state index >= 15 is 0 Å². The average molecular weight is 510 g/mol. The zero-order valence-electron chi connectivity index (χ0n) is 19.7. The summed E-state index contributed by atoms with van der Waals surface area (Å²) in [5.74, 6) is -1.23. The molecule has 36 heavy (non-hydrogen) atoms. The maximum atomic E-state index is 12.5. The van der Waals surface area contributed by atoms with Crippen LogP contribution in [0.5, 0.6) is 0 Å². The number of carbonyl (C=O) groups excluding carboxylic acids is 3. The molecule has 0 aliphatic rings. The van der Waals surface area contributed by atoms with Crippen LogP contribution in [0.1, 0.15) is 15.4 Å². The molecule has 0 atom stereocenters. The first-order valence-corrected chi connectivity index (χ1v) is 11.4. The summed E-state index contributed by atoms with van der Waals surface area (Å²) in [7, 11) is 3.38. The molecule has 12 heteroatoms. The van der Waals surface area contributed by atoms with Gasteiger partial charge in [-0.05, 0) is 31.2 Å². The smallest absolute Gasteiger partial charge is 0.348 e. The van der Waals surface area contributed by atoms with Crippen molar-refractivity contribution >= 4 is 51.2 Å². The summed E-state index contributed by atoms with van der Waals surface area (Å²) >= 11 is 1.23. The van der Waals surface area contributed by atoms with Gasteiger partial charge >= 0.3 is 5.97 Å². The number of para-hydroxylation sites is 1. The first kappa shape index (κ1) is 26.0. The first-order chi connectivity index (χ1) is 17.2. The Labute approximate surface area is 210 Å². The highest BCUT2D eigenvalue weighted by Gasteiger charge is 2.19. The number of esters is 1. The second kappa shape index (κ2) is 11.7. The third-order valence-electron chi connectivity index (χ3n) is 4.63. The minimum atomic E-state index is -0.630. The Morgan fingerprint density at radius 2 is 1.86 bits per heavy atom. The van der Waals surface area contributed by atoms with Crippen molar-refractivity contribution in [3.05, 3.63) is 81.3 Å². The monoisotopic (exact) mass is 509 g/mol. The van der Waals surface area contributed by atoms with Crippen molar-refractivity contribution in [1.82, 2.24) is 14.7 Å². The van der Waals surface area contributed by atoms with Gasteiger partial charge in [-0.2, -0.15) is 5.10 Å². The van der Waals surface area contributed by atoms with E-state index in [2.05, 4.69) is 10.4 Å². The van der Waals surface area contributed by atoms with Crippen LogP contribution in [-0.4, -0.2) is 58.6 Å². The number of nitro groups is 1. The van der Waals surface area contributed by atoms with Crippen LogP contribution in [0, 0.1) is 17.0 Å². The van der Waals surface area contributed by atoms with Crippen molar-refractivity contribution < 1.29 is 24.0 Å². The van der Waals surface area contributed by atoms with Crippen LogP contribution in [0.4, 0.5) is 11.4 Å². The fourth-order valence-corrected chi connectivity index (χ4v) is 4.07. The molecular formula is C24H23N5O6S. The molecule has 0 fully saturated rings. The van der Waals surface area contributed by atoms with Crippen molar-refractivity contribution in [2.75, 3.05) is 26.0 Å². The maximum Gasteiger partial charge on any atom is 0.348 e. The predicted octanol–water partition coefficient (Wildman–Crippen LogP) is 3.80. The van der Waals surface area contributed by atoms with Gasteiger partial charge in [0.1, 0.15) is 9.71 Å². The van der Waals surface area contributed by atoms with Crippen molar-refractivity contribution in [1.29, 1.82) is 0 Å². The molecule has 0 bridgehead atoms. The number of fused-ring (bicyclic) bond motifs is 1. The summed E-state index contributed by atoms with van der Waals surface area (Å²) in [5.41, 5.74) is 1.75. The Hall–Kier alpha value is -4.58. The van der Waals surface area contributed by atoms with Gasteiger partial charge in [0.25, 0.3) is 11.6 Å². The molecule has 0 aliphatic heterocycles. The number of anilines is 1. The van der Waals surface area contributed by atoms with Crippen LogP contribution in [0.25, 0.3) is 15.9 Å². The van der Waals surface area contributed by atoms with Gasteiger partial charge in [0.2, 0.25) is 6.41 Å². The molecule has 2 aromatic heterocycles. The van der Waals surface area contributed by atoms with Crippen LogP contribution in [-0.2, 0) is 14.3 Å². The van der Waals surface area contributed by atoms with Gasteiger partial charge in [0, 0.05) is 37.3 Å². The molecular weight excluding hydrogens is 486 g/mol. The number of rotatable bonds is 7. The quantitative estimate of drug-likeness (QED) is 0.173. The van der Waals surface area contributed by atoms with Crippen LogP contribution in [0.2, 0.25) is 0 Å². The number of aromatic nitrogens is 2. The number of non-ortho nitro benzene ring substituents is 1. The topological polar surface area (TPSA) is 137 Å². The van der Waals surface area contributed by atoms with Crippen molar-refractivity contribution in [3.63, 3.8) is 0 Å². The molecule has 0 radical (unpaired) electrons. The molecule has 2 amide bonds. The van der Waals surface area contributed by atoms with E-state index in [9.17, 15) is 24.5 Å². The molecule has 4 aromatic rings. The second-order valence-corrected chi connectivity index (χ2v) is 8.69. The number of nitrogens with zero attached hydrogens (tertiary/aromatic N) is 4. The Morgan fingerprint density at radius 3 is 2.50 bits per heavy atom. The Balaban J connectivity index is 0.000000658. The second-order valence-electron chi connectivity index (χ2n) is 7.66. The highest BCUT2D eigenvalue weighted by Crippen LogP contribution is 2.30. The number of nitrogens with one attached hydrogen (secondary N) is 1. The third kappa shape index (κ3) is 6.51. The molecule has 1 N–H and O–H groups in total. The minimum absolute atomic E-state index is 0.150. The normalized spacial score (nSPS) is 10.2. The summed E-state index contributed by atoms with van der Waals surface area (Å²) < 4.78 is 6.89. The number of aryl methyl sites for hydroxylation is 1. The third-order valence-corrected chi connectivity index (χ3v) is 5.72. The van der Waals surface area contributed by atoms with Gasteiger partial charge in [-0.3, -0.25) is 19.7 Å². The molecule has 0 spiro atoms. The van der Waals surface area contributed by atoms with Crippen molar-refractivity contribution in [2.45, 2.75) is 6.92 Å². The number of nitro benzene ring substituents is 1. The van der Waals surface area contributed by atoms with Gasteiger partial charge in [-0.25, -0.2) is 9.48 Å². The van der Waals surface area contributed by atoms with Crippen LogP contribution < -0.4 is 5.32 Å². The highest BCUT2D eigenvalue weighted by molar-refractivity contribution is 7.20. The molecule has 186 valence electrons. The highest BCUT2D eigenvalue weighted by atomic mass is 32.1. The summed E-state index contributed by atoms with van der Waals surface area (Å²) in [6, 6.07) is 16.8. The number of carbonyl (C=O) groups is 3. The minimum Gasteiger partial charge on any atom is -0.451 e. The maximum absolute atomic E-state index is 12.5. The predicted molar refractivity (Wildman–Crippen MR) is 135 cm³/mol. The molecule has 0 saturated carbocycles. The van der Waals surface area contributed by atoms with E-state index in [4.69, 9.17) is 4.74 Å². The van der Waals surface area contributed by atoms with E-state index in [0.717, 1.165) is 28.0 Å². The lowest BCUT2D eigenvalue weighted by molar-refractivity contribution is -0.384. The zero-order chi connectivity index (χ0) is 26.2. The van der Waals surface area contributed by atoms with E-state index in [-0.39, 0.29) is 11.4 Å². The molecule has 4 rings (SSSR count). The summed E-state index contributed by atoms with van der Waals surface area (Å²) in [6.45, 7) is 1.34. The largest absolute Gasteiger partial charge is 0.451 e. The van der Waals surface area contributed by atoms with Crippen LogP contribution in [0.15, 0.2) is 60.7 Å². The van der Waals surface area contributed by atoms with Crippen LogP contribution in [0.3, 0.4) is 0 Å². The Bertz CT molecular complexity index is 1400. The summed E-state index contributed by atoms with van der Waals surface area (Å²) in [6.07, 6.45) is 0.750. The van der Waals surface area contributed by atoms with Gasteiger partial charge in [0.05, 0.1) is 16.3 Å². The van der Waals surface area contributed by atoms with E-state index in [1.54, 1.807) is 24.8 Å². The molecule has 0 saturated heterocycles. The fourth-order valence-electron chi connectivity index (χ4n) is 2.99. The van der Waals surface area contributed by atoms with Gasteiger partial charge < -0.3 is 15.0 Å². The van der Waals surface area contributed by atoms with Gasteiger partial charge in [0.15, 0.2) is 6.61 Å². The molecule has 0 aliphatic carbocycles. The molecule has 0 unspecified atom stereocenters. The van der Waals surface area contributed by atoms with Gasteiger partial charge in [-0.15, -0.1) is 11.3 Å². The SMILES string of the molecule is CN(C)C=O.Cc1nn(-c2ccccc2)c2sc(C(=O)OCC(=O)Nc3cccc([N+](=O)[O-])c3)cc12. The van der Waals surface area contributed by atoms with Crippen molar-refractivity contribution in [3.8, 4) is 5.69 Å². The molecule has 2 heterocycles. The number of amides is 2.